The fourth-order valence-electron chi connectivity index (χ4n) is 3.23. The number of benzene rings is 1. The van der Waals surface area contributed by atoms with E-state index in [1.165, 1.54) is 0 Å². The molecular weight excluding hydrogens is 382 g/mol. The molecule has 7 heteroatoms. The smallest absolute Gasteiger partial charge is 0.220 e. The summed E-state index contributed by atoms with van der Waals surface area (Å²) >= 11 is 0. The van der Waals surface area contributed by atoms with E-state index in [0.29, 0.717) is 36.6 Å². The van der Waals surface area contributed by atoms with E-state index in [2.05, 4.69) is 15.3 Å². The maximum absolute atomic E-state index is 12.5. The zero-order valence-electron chi connectivity index (χ0n) is 17.3. The molecule has 0 aliphatic carbocycles. The molecule has 3 rings (SSSR count). The number of pyridine rings is 2. The molecule has 0 aliphatic heterocycles. The van der Waals surface area contributed by atoms with Crippen molar-refractivity contribution < 1.29 is 19.0 Å². The quantitative estimate of drug-likeness (QED) is 0.585. The Labute approximate surface area is 176 Å². The second-order valence-electron chi connectivity index (χ2n) is 6.52. The minimum Gasteiger partial charge on any atom is -0.493 e. The summed E-state index contributed by atoms with van der Waals surface area (Å²) in [6, 6.07) is 11.3. The second kappa shape index (κ2) is 10.2. The number of carbonyl (C=O) groups excluding carboxylic acids is 1. The third kappa shape index (κ3) is 4.86. The van der Waals surface area contributed by atoms with Gasteiger partial charge in [-0.2, -0.15) is 0 Å². The zero-order valence-corrected chi connectivity index (χ0v) is 17.3. The standard InChI is InChI=1S/C23H25N3O4/c1-28-19-10-8-16(22(29-2)23(19)30-3)9-11-20(27)26-15-18-7-5-13-25-21(18)17-6-4-12-24-14-17/h4-8,10,12-14H,9,11,15H2,1-3H3,(H,26,27). The molecule has 0 atom stereocenters. The van der Waals surface area contributed by atoms with Gasteiger partial charge in [-0.15, -0.1) is 0 Å². The van der Waals surface area contributed by atoms with E-state index in [9.17, 15) is 4.79 Å². The Bertz CT molecular complexity index is 993. The maximum Gasteiger partial charge on any atom is 0.220 e. The predicted molar refractivity (Wildman–Crippen MR) is 114 cm³/mol. The van der Waals surface area contributed by atoms with E-state index >= 15 is 0 Å². The highest BCUT2D eigenvalue weighted by Crippen LogP contribution is 2.40. The Balaban J connectivity index is 1.65. The van der Waals surface area contributed by atoms with Gasteiger partial charge in [0.25, 0.3) is 0 Å². The predicted octanol–water partition coefficient (Wildman–Crippen LogP) is 3.42. The highest BCUT2D eigenvalue weighted by Gasteiger charge is 2.16. The van der Waals surface area contributed by atoms with Crippen LogP contribution in [0, 0.1) is 0 Å². The van der Waals surface area contributed by atoms with E-state index in [-0.39, 0.29) is 5.91 Å². The molecule has 0 bridgehead atoms. The first-order chi connectivity index (χ1) is 14.7. The molecule has 3 aromatic rings. The fourth-order valence-corrected chi connectivity index (χ4v) is 3.23. The number of methoxy groups -OCH3 is 3. The van der Waals surface area contributed by atoms with Crippen LogP contribution in [0.3, 0.4) is 0 Å². The van der Waals surface area contributed by atoms with Gasteiger partial charge in [0.15, 0.2) is 11.5 Å². The van der Waals surface area contributed by atoms with Gasteiger partial charge in [-0.25, -0.2) is 0 Å². The summed E-state index contributed by atoms with van der Waals surface area (Å²) in [6.45, 7) is 0.389. The molecule has 30 heavy (non-hydrogen) atoms. The number of hydrogen-bond donors (Lipinski definition) is 1. The third-order valence-electron chi connectivity index (χ3n) is 4.71. The number of aryl methyl sites for hydroxylation is 1. The molecule has 0 radical (unpaired) electrons. The monoisotopic (exact) mass is 407 g/mol. The van der Waals surface area contributed by atoms with Crippen LogP contribution in [-0.4, -0.2) is 37.2 Å². The molecule has 0 saturated carbocycles. The van der Waals surface area contributed by atoms with Crippen molar-refractivity contribution in [2.24, 2.45) is 0 Å². The second-order valence-corrected chi connectivity index (χ2v) is 6.52. The van der Waals surface area contributed by atoms with Crippen LogP contribution in [0.1, 0.15) is 17.5 Å². The van der Waals surface area contributed by atoms with Crippen molar-refractivity contribution in [3.05, 3.63) is 66.1 Å². The molecule has 0 saturated heterocycles. The first-order valence-corrected chi connectivity index (χ1v) is 9.56. The summed E-state index contributed by atoms with van der Waals surface area (Å²) in [5, 5.41) is 2.97. The molecule has 0 unspecified atom stereocenters. The summed E-state index contributed by atoms with van der Waals surface area (Å²) in [4.78, 5) is 21.1. The molecule has 7 nitrogen and oxygen atoms in total. The number of rotatable bonds is 9. The van der Waals surface area contributed by atoms with E-state index in [1.807, 2.05) is 36.4 Å². The molecule has 0 aliphatic rings. The Morgan fingerprint density at radius 2 is 1.73 bits per heavy atom. The van der Waals surface area contributed by atoms with Crippen LogP contribution >= 0.6 is 0 Å². The van der Waals surface area contributed by atoms with Crippen molar-refractivity contribution in [2.75, 3.05) is 21.3 Å². The van der Waals surface area contributed by atoms with Crippen LogP contribution < -0.4 is 19.5 Å². The molecule has 156 valence electrons. The lowest BCUT2D eigenvalue weighted by Gasteiger charge is -2.15. The number of amides is 1. The van der Waals surface area contributed by atoms with Crippen LogP contribution in [0.4, 0.5) is 0 Å². The van der Waals surface area contributed by atoms with Crippen LogP contribution in [-0.2, 0) is 17.8 Å². The van der Waals surface area contributed by atoms with Gasteiger partial charge in [0.2, 0.25) is 11.7 Å². The van der Waals surface area contributed by atoms with Crippen LogP contribution in [0.2, 0.25) is 0 Å². The number of ether oxygens (including phenoxy) is 3. The summed E-state index contributed by atoms with van der Waals surface area (Å²) in [5.41, 5.74) is 3.54. The molecule has 1 aromatic carbocycles. The van der Waals surface area contributed by atoms with Crippen molar-refractivity contribution >= 4 is 5.91 Å². The minimum atomic E-state index is -0.0622. The topological polar surface area (TPSA) is 82.6 Å². The summed E-state index contributed by atoms with van der Waals surface area (Å²) < 4.78 is 16.2. The first kappa shape index (κ1) is 21.1. The van der Waals surface area contributed by atoms with Crippen molar-refractivity contribution in [1.29, 1.82) is 0 Å². The van der Waals surface area contributed by atoms with Crippen molar-refractivity contribution in [3.8, 4) is 28.5 Å². The van der Waals surface area contributed by atoms with E-state index in [0.717, 1.165) is 22.4 Å². The minimum absolute atomic E-state index is 0.0622. The number of hydrogen-bond acceptors (Lipinski definition) is 6. The zero-order chi connectivity index (χ0) is 21.3. The van der Waals surface area contributed by atoms with Crippen molar-refractivity contribution in [2.45, 2.75) is 19.4 Å². The van der Waals surface area contributed by atoms with Crippen LogP contribution in [0.15, 0.2) is 55.0 Å². The molecular formula is C23H25N3O4. The van der Waals surface area contributed by atoms with Crippen molar-refractivity contribution in [3.63, 3.8) is 0 Å². The van der Waals surface area contributed by atoms with Gasteiger partial charge in [0.1, 0.15) is 0 Å². The number of nitrogens with zero attached hydrogens (tertiary/aromatic N) is 2. The Morgan fingerprint density at radius 1 is 0.933 bits per heavy atom. The Morgan fingerprint density at radius 3 is 2.43 bits per heavy atom. The van der Waals surface area contributed by atoms with Gasteiger partial charge in [0, 0.05) is 37.1 Å². The molecule has 0 spiro atoms. The molecule has 2 heterocycles. The van der Waals surface area contributed by atoms with Crippen LogP contribution in [0.25, 0.3) is 11.3 Å². The van der Waals surface area contributed by atoms with Gasteiger partial charge < -0.3 is 19.5 Å². The van der Waals surface area contributed by atoms with Gasteiger partial charge in [-0.05, 0) is 41.8 Å². The summed E-state index contributed by atoms with van der Waals surface area (Å²) in [5.74, 6) is 1.63. The number of aromatic nitrogens is 2. The number of nitrogens with one attached hydrogen (secondary N) is 1. The average Bonchev–Trinajstić information content (AvgIpc) is 2.81. The summed E-state index contributed by atoms with van der Waals surface area (Å²) in [6.07, 6.45) is 6.04. The van der Waals surface area contributed by atoms with E-state index in [4.69, 9.17) is 14.2 Å². The van der Waals surface area contributed by atoms with Crippen molar-refractivity contribution in [1.82, 2.24) is 15.3 Å². The van der Waals surface area contributed by atoms with Gasteiger partial charge in [-0.1, -0.05) is 12.1 Å². The Kier molecular flexibility index (Phi) is 7.21. The van der Waals surface area contributed by atoms with E-state index in [1.54, 1.807) is 39.9 Å². The van der Waals surface area contributed by atoms with Gasteiger partial charge in [0.05, 0.1) is 27.0 Å². The van der Waals surface area contributed by atoms with Gasteiger partial charge in [-0.3, -0.25) is 14.8 Å². The van der Waals surface area contributed by atoms with Gasteiger partial charge >= 0.3 is 0 Å². The maximum atomic E-state index is 12.5. The molecule has 1 N–H and O–H groups in total. The third-order valence-corrected chi connectivity index (χ3v) is 4.71. The SMILES string of the molecule is COc1ccc(CCC(=O)NCc2cccnc2-c2cccnc2)c(OC)c1OC. The lowest BCUT2D eigenvalue weighted by atomic mass is 10.1. The lowest BCUT2D eigenvalue weighted by molar-refractivity contribution is -0.121. The molecule has 1 amide bonds. The normalized spacial score (nSPS) is 10.4. The number of carbonyl (C=O) groups is 1. The highest BCUT2D eigenvalue weighted by molar-refractivity contribution is 5.77. The van der Waals surface area contributed by atoms with Crippen LogP contribution in [0.5, 0.6) is 17.2 Å². The average molecular weight is 407 g/mol. The Hall–Kier alpha value is -3.61. The largest absolute Gasteiger partial charge is 0.493 e. The molecule has 0 fully saturated rings. The van der Waals surface area contributed by atoms with E-state index < -0.39 is 0 Å². The first-order valence-electron chi connectivity index (χ1n) is 9.56. The lowest BCUT2D eigenvalue weighted by Crippen LogP contribution is -2.23. The highest BCUT2D eigenvalue weighted by atomic mass is 16.5. The summed E-state index contributed by atoms with van der Waals surface area (Å²) in [7, 11) is 4.70. The molecule has 2 aromatic heterocycles. The fraction of sp³-hybridized carbons (Fsp3) is 0.261.